The molecule has 4 aliphatic rings. The highest BCUT2D eigenvalue weighted by Crippen LogP contribution is 2.50. The molecule has 4 aromatic heterocycles. The highest BCUT2D eigenvalue weighted by atomic mass is 32.1. The van der Waals surface area contributed by atoms with Crippen molar-refractivity contribution in [3.8, 4) is 39.5 Å². The number of aromatic amines is 2. The summed E-state index contributed by atoms with van der Waals surface area (Å²) in [5.74, 6) is 0.851. The minimum Gasteiger partial charge on any atom is -0.464 e. The Labute approximate surface area is 396 Å². The predicted molar refractivity (Wildman–Crippen MR) is 251 cm³/mol. The number of hydrogen-bond acceptors (Lipinski definition) is 11. The molecule has 3 aliphatic heterocycles. The Kier molecular flexibility index (Phi) is 12.0. The molecule has 6 aromatic rings. The van der Waals surface area contributed by atoms with Gasteiger partial charge in [0.2, 0.25) is 18.0 Å². The monoisotopic (exact) mass is 946 g/mol. The summed E-state index contributed by atoms with van der Waals surface area (Å²) in [5, 5.41) is 7.33. The van der Waals surface area contributed by atoms with E-state index in [4.69, 9.17) is 29.2 Å². The number of H-pyrrole nitrogens is 2. The van der Waals surface area contributed by atoms with Crippen LogP contribution in [-0.4, -0.2) is 103 Å². The highest BCUT2D eigenvalue weighted by Gasteiger charge is 2.40. The molecule has 0 unspecified atom stereocenters. The molecule has 7 heterocycles. The third-order valence-corrected chi connectivity index (χ3v) is 14.8. The summed E-state index contributed by atoms with van der Waals surface area (Å²) in [6.07, 6.45) is 8.51. The maximum atomic E-state index is 16.9. The number of carbonyl (C=O) groups excluding carboxylic acids is 4. The molecule has 2 aromatic carbocycles. The number of hydrogen-bond donors (Lipinski definition) is 4. The maximum Gasteiger partial charge on any atom is 0.407 e. The molecular formula is C49H55FN10O7S. The maximum absolute atomic E-state index is 16.9. The van der Waals surface area contributed by atoms with Gasteiger partial charge >= 0.3 is 12.2 Å². The second-order valence-corrected chi connectivity index (χ2v) is 19.9. The first-order chi connectivity index (χ1) is 32.8. The van der Waals surface area contributed by atoms with Crippen molar-refractivity contribution in [2.75, 3.05) is 27.3 Å². The number of likely N-dealkylation sites (tertiary alicyclic amines) is 2. The van der Waals surface area contributed by atoms with Crippen LogP contribution >= 0.6 is 11.3 Å². The number of benzene rings is 2. The zero-order valence-electron chi connectivity index (χ0n) is 38.8. The van der Waals surface area contributed by atoms with Crippen molar-refractivity contribution >= 4 is 46.2 Å². The van der Waals surface area contributed by atoms with Crippen molar-refractivity contribution in [2.24, 2.45) is 11.8 Å². The smallest absolute Gasteiger partial charge is 0.407 e. The Morgan fingerprint density at radius 3 is 1.91 bits per heavy atom. The molecule has 356 valence electrons. The Morgan fingerprint density at radius 1 is 0.765 bits per heavy atom. The molecule has 0 radical (unpaired) electrons. The van der Waals surface area contributed by atoms with Gasteiger partial charge in [-0.25, -0.2) is 28.9 Å². The second-order valence-electron chi connectivity index (χ2n) is 18.8. The molecule has 1 saturated carbocycles. The minimum absolute atomic E-state index is 0.153. The molecule has 4 N–H and O–H groups in total. The number of ether oxygens (including phenoxy) is 3. The van der Waals surface area contributed by atoms with Gasteiger partial charge in [0.05, 0.1) is 76.7 Å². The Bertz CT molecular complexity index is 2920. The Morgan fingerprint density at radius 2 is 1.35 bits per heavy atom. The number of nitrogens with zero attached hydrogens (tertiary/aromatic N) is 6. The van der Waals surface area contributed by atoms with Gasteiger partial charge in [-0.2, -0.15) is 0 Å². The van der Waals surface area contributed by atoms with Gasteiger partial charge < -0.3 is 44.6 Å². The van der Waals surface area contributed by atoms with Gasteiger partial charge in [-0.1, -0.05) is 33.8 Å². The van der Waals surface area contributed by atoms with E-state index in [1.807, 2.05) is 68.8 Å². The SMILES string of the molecule is COC(=O)N[C@H](C(=O)N1CCC[C@H]1c1ncc(-c2cc(F)c3c(c2)O[C@H](c2cnc(C4CC4)s2)n2c-3cc3cc(-c4cnc([C@@H]5CCCN5C(=O)[C@@H](NC(=O)OC)C(C)C)[nH]4)ccc32)[nH]1)C(C)C. The first-order valence-electron chi connectivity index (χ1n) is 23.3. The number of rotatable bonds is 12. The fourth-order valence-electron chi connectivity index (χ4n) is 9.91. The highest BCUT2D eigenvalue weighted by molar-refractivity contribution is 7.11. The molecule has 19 heteroatoms. The molecule has 17 nitrogen and oxygen atoms in total. The normalized spacial score (nSPS) is 19.8. The van der Waals surface area contributed by atoms with E-state index in [0.717, 1.165) is 64.1 Å². The lowest BCUT2D eigenvalue weighted by molar-refractivity contribution is -0.136. The van der Waals surface area contributed by atoms with Crippen molar-refractivity contribution in [2.45, 2.75) is 103 Å². The number of carbonyl (C=O) groups is 4. The van der Waals surface area contributed by atoms with Crippen LogP contribution in [0.15, 0.2) is 55.0 Å². The molecule has 68 heavy (non-hydrogen) atoms. The fourth-order valence-corrected chi connectivity index (χ4v) is 11.0. The molecule has 2 saturated heterocycles. The number of fused-ring (bicyclic) bond motifs is 5. The van der Waals surface area contributed by atoms with Crippen molar-refractivity contribution in [3.05, 3.63) is 82.3 Å². The zero-order chi connectivity index (χ0) is 47.5. The zero-order valence-corrected chi connectivity index (χ0v) is 39.6. The van der Waals surface area contributed by atoms with Crippen LogP contribution in [0.25, 0.3) is 44.7 Å². The first-order valence-corrected chi connectivity index (χ1v) is 24.1. The van der Waals surface area contributed by atoms with Crippen LogP contribution in [-0.2, 0) is 19.1 Å². The van der Waals surface area contributed by atoms with Crippen LogP contribution in [0.1, 0.15) is 112 Å². The van der Waals surface area contributed by atoms with E-state index in [-0.39, 0.29) is 35.7 Å². The number of amides is 4. The van der Waals surface area contributed by atoms with Crippen molar-refractivity contribution in [1.82, 2.24) is 49.9 Å². The molecule has 4 amide bonds. The second kappa shape index (κ2) is 18.0. The average Bonchev–Trinajstić information content (AvgIpc) is 4.05. The van der Waals surface area contributed by atoms with Crippen LogP contribution in [0, 0.1) is 17.7 Å². The van der Waals surface area contributed by atoms with Crippen LogP contribution < -0.4 is 15.4 Å². The number of nitrogens with one attached hydrogen (secondary N) is 4. The summed E-state index contributed by atoms with van der Waals surface area (Å²) in [6.45, 7) is 8.56. The van der Waals surface area contributed by atoms with E-state index in [2.05, 4.69) is 20.6 Å². The van der Waals surface area contributed by atoms with Gasteiger partial charge in [0.25, 0.3) is 0 Å². The summed E-state index contributed by atoms with van der Waals surface area (Å²) in [4.78, 5) is 77.4. The minimum atomic E-state index is -0.772. The number of halogens is 1. The lowest BCUT2D eigenvalue weighted by Crippen LogP contribution is -2.51. The third kappa shape index (κ3) is 8.23. The van der Waals surface area contributed by atoms with E-state index in [9.17, 15) is 19.2 Å². The number of alkyl carbamates (subject to hydrolysis) is 2. The summed E-state index contributed by atoms with van der Waals surface area (Å²) in [5.41, 5.74) is 4.57. The number of thiazole rings is 1. The average molecular weight is 947 g/mol. The Balaban J connectivity index is 0.963. The molecule has 3 fully saturated rings. The predicted octanol–water partition coefficient (Wildman–Crippen LogP) is 8.59. The van der Waals surface area contributed by atoms with E-state index in [1.54, 1.807) is 33.5 Å². The summed E-state index contributed by atoms with van der Waals surface area (Å²) in [6, 6.07) is 9.21. The molecule has 0 spiro atoms. The molecule has 1 aliphatic carbocycles. The number of aromatic nitrogens is 6. The summed E-state index contributed by atoms with van der Waals surface area (Å²) in [7, 11) is 2.55. The summed E-state index contributed by atoms with van der Waals surface area (Å²) < 4.78 is 35.4. The van der Waals surface area contributed by atoms with Gasteiger partial charge in [0.1, 0.15) is 35.3 Å². The van der Waals surface area contributed by atoms with E-state index >= 15 is 4.39 Å². The van der Waals surface area contributed by atoms with E-state index in [0.29, 0.717) is 65.3 Å². The largest absolute Gasteiger partial charge is 0.464 e. The quantitative estimate of drug-likeness (QED) is 0.0921. The van der Waals surface area contributed by atoms with E-state index in [1.165, 1.54) is 20.3 Å². The summed E-state index contributed by atoms with van der Waals surface area (Å²) >= 11 is 1.62. The van der Waals surface area contributed by atoms with Crippen LogP contribution in [0.2, 0.25) is 0 Å². The van der Waals surface area contributed by atoms with Crippen molar-refractivity contribution in [1.29, 1.82) is 0 Å². The number of imidazole rings is 2. The van der Waals surface area contributed by atoms with Crippen molar-refractivity contribution < 1.29 is 37.8 Å². The van der Waals surface area contributed by atoms with Crippen LogP contribution in [0.5, 0.6) is 5.75 Å². The molecule has 10 rings (SSSR count). The Hall–Kier alpha value is -6.76. The molecule has 0 bridgehead atoms. The van der Waals surface area contributed by atoms with Crippen molar-refractivity contribution in [3.63, 3.8) is 0 Å². The van der Waals surface area contributed by atoms with Gasteiger partial charge in [-0.15, -0.1) is 11.3 Å². The lowest BCUT2D eigenvalue weighted by Gasteiger charge is -2.30. The topological polar surface area (TPSA) is 202 Å². The molecule has 5 atom stereocenters. The van der Waals surface area contributed by atoms with Crippen LogP contribution in [0.3, 0.4) is 0 Å². The molecular weight excluding hydrogens is 892 g/mol. The van der Waals surface area contributed by atoms with E-state index < -0.39 is 36.3 Å². The van der Waals surface area contributed by atoms with Gasteiger partial charge in [-0.05, 0) is 80.7 Å². The van der Waals surface area contributed by atoms with Gasteiger partial charge in [0.15, 0.2) is 0 Å². The number of methoxy groups -OCH3 is 2. The lowest BCUT2D eigenvalue weighted by atomic mass is 10.0. The third-order valence-electron chi connectivity index (χ3n) is 13.6. The van der Waals surface area contributed by atoms with Crippen LogP contribution in [0.4, 0.5) is 14.0 Å². The van der Waals surface area contributed by atoms with Gasteiger partial charge in [0, 0.05) is 41.7 Å². The fraction of sp³-hybridized carbons (Fsp3) is 0.449. The first kappa shape index (κ1) is 45.0. The van der Waals surface area contributed by atoms with Gasteiger partial charge in [-0.3, -0.25) is 14.2 Å². The standard InChI is InChI=1S/C49H55FN10O7S/c1-24(2)40(56-48(63)65-5)45(61)58-15-7-9-34(58)42-51-21-31(54-42)27-13-14-33-29(17-27)19-36-39-30(50)18-28(20-37(39)67-47(60(33)36)38-23-53-44(68-38)26-11-12-26)32-22-52-43(55-32)35-10-8-16-59(35)46(62)41(25(3)4)57-49(64)66-6/h13-14,17-26,34-35,40-41,47H,7-12,15-16H2,1-6H3,(H,51,54)(H,52,55)(H,56,63)(H,57,64)/t34-,35-,40-,41-,47+/m0/s1.